The molecule has 0 bridgehead atoms. The molecule has 5 rings (SSSR count). The average molecular weight is 618 g/mol. The molecule has 0 radical (unpaired) electrons. The lowest BCUT2D eigenvalue weighted by molar-refractivity contribution is -0.143. The number of likely N-dealkylation sites (tertiary alicyclic amines) is 1. The summed E-state index contributed by atoms with van der Waals surface area (Å²) in [6, 6.07) is 12.4. The van der Waals surface area contributed by atoms with Crippen LogP contribution in [0.3, 0.4) is 0 Å². The zero-order chi connectivity index (χ0) is 31.9. The van der Waals surface area contributed by atoms with Crippen LogP contribution in [0.15, 0.2) is 48.5 Å². The Kier molecular flexibility index (Phi) is 10.8. The van der Waals surface area contributed by atoms with Gasteiger partial charge in [-0.2, -0.15) is 0 Å². The van der Waals surface area contributed by atoms with E-state index in [0.717, 1.165) is 56.9 Å². The minimum absolute atomic E-state index is 0.0128. The van der Waals surface area contributed by atoms with E-state index in [1.807, 2.05) is 12.1 Å². The van der Waals surface area contributed by atoms with Crippen LogP contribution in [0.1, 0.15) is 85.8 Å². The smallest absolute Gasteiger partial charge is 0.251 e. The number of hydrogen-bond donors (Lipinski definition) is 4. The van der Waals surface area contributed by atoms with E-state index in [-0.39, 0.29) is 48.6 Å². The van der Waals surface area contributed by atoms with Gasteiger partial charge in [0.15, 0.2) is 0 Å². The fourth-order valence-corrected chi connectivity index (χ4v) is 7.05. The third-order valence-corrected chi connectivity index (χ3v) is 9.77. The first-order chi connectivity index (χ1) is 21.8. The molecule has 10 nitrogen and oxygen atoms in total. The molecule has 0 unspecified atom stereocenters. The van der Waals surface area contributed by atoms with Gasteiger partial charge in [0.05, 0.1) is 19.2 Å². The molecular weight excluding hydrogens is 570 g/mol. The summed E-state index contributed by atoms with van der Waals surface area (Å²) in [6.45, 7) is 1.94. The van der Waals surface area contributed by atoms with Crippen LogP contribution in [0.5, 0.6) is 5.75 Å². The van der Waals surface area contributed by atoms with Crippen molar-refractivity contribution in [2.24, 2.45) is 5.92 Å². The second-order valence-corrected chi connectivity index (χ2v) is 12.7. The van der Waals surface area contributed by atoms with E-state index >= 15 is 0 Å². The molecule has 2 fully saturated rings. The van der Waals surface area contributed by atoms with Crippen molar-refractivity contribution >= 4 is 23.6 Å². The lowest BCUT2D eigenvalue weighted by Gasteiger charge is -2.35. The van der Waals surface area contributed by atoms with Crippen molar-refractivity contribution in [3.8, 4) is 5.75 Å². The molecule has 2 aromatic carbocycles. The molecule has 4 N–H and O–H groups in total. The Morgan fingerprint density at radius 2 is 1.64 bits per heavy atom. The summed E-state index contributed by atoms with van der Waals surface area (Å²) in [5.41, 5.74) is 2.82. The van der Waals surface area contributed by atoms with Gasteiger partial charge in [-0.1, -0.05) is 43.5 Å². The summed E-state index contributed by atoms with van der Waals surface area (Å²) in [6.07, 6.45) is 7.83. The molecule has 3 aliphatic rings. The van der Waals surface area contributed by atoms with Crippen molar-refractivity contribution in [1.29, 1.82) is 0 Å². The normalized spacial score (nSPS) is 22.9. The molecule has 45 heavy (non-hydrogen) atoms. The molecule has 10 heteroatoms. The van der Waals surface area contributed by atoms with Crippen molar-refractivity contribution in [2.45, 2.75) is 94.9 Å². The van der Waals surface area contributed by atoms with E-state index in [2.05, 4.69) is 33.4 Å². The third kappa shape index (κ3) is 7.66. The van der Waals surface area contributed by atoms with Crippen LogP contribution in [0.2, 0.25) is 0 Å². The largest absolute Gasteiger partial charge is 0.497 e. The summed E-state index contributed by atoms with van der Waals surface area (Å²) in [7, 11) is 3.28. The first kappa shape index (κ1) is 32.5. The third-order valence-electron chi connectivity index (χ3n) is 9.77. The standard InChI is InChI=1S/C35H47N5O5/c1-22(36-2)32(41)39-31(24-11-5-4-6-12-24)35(44)40-21-26(37-33(42)25-16-18-27(45-3)19-17-25)20-30(40)34(43)38-29-15-9-13-23-10-7-8-14-28(23)29/h7-8,10,14,16-19,22,24,26,29-31,36H,4-6,9,11-13,15,20-21H2,1-3H3,(H,37,42)(H,38,43)(H,39,41)/t22-,26-,29+,30-,31-/m0/s1. The van der Waals surface area contributed by atoms with Gasteiger partial charge in [-0.05, 0) is 93.8 Å². The van der Waals surface area contributed by atoms with E-state index < -0.39 is 24.2 Å². The summed E-state index contributed by atoms with van der Waals surface area (Å²) < 4.78 is 5.21. The molecule has 242 valence electrons. The van der Waals surface area contributed by atoms with Crippen molar-refractivity contribution in [3.63, 3.8) is 0 Å². The first-order valence-electron chi connectivity index (χ1n) is 16.4. The zero-order valence-corrected chi connectivity index (χ0v) is 26.6. The van der Waals surface area contributed by atoms with Gasteiger partial charge in [-0.3, -0.25) is 19.2 Å². The van der Waals surface area contributed by atoms with Crippen LogP contribution in [-0.4, -0.2) is 73.4 Å². The van der Waals surface area contributed by atoms with E-state index in [1.165, 1.54) is 5.56 Å². The van der Waals surface area contributed by atoms with Crippen molar-refractivity contribution < 1.29 is 23.9 Å². The number of carbonyl (C=O) groups excluding carboxylic acids is 4. The van der Waals surface area contributed by atoms with Crippen LogP contribution in [0, 0.1) is 5.92 Å². The van der Waals surface area contributed by atoms with Crippen molar-refractivity contribution in [3.05, 3.63) is 65.2 Å². The number of likely N-dealkylation sites (N-methyl/N-ethyl adjacent to an activating group) is 1. The number of rotatable bonds is 10. The summed E-state index contributed by atoms with van der Waals surface area (Å²) in [5, 5.41) is 12.3. The highest BCUT2D eigenvalue weighted by molar-refractivity contribution is 5.96. The minimum atomic E-state index is -0.780. The highest BCUT2D eigenvalue weighted by Gasteiger charge is 2.45. The summed E-state index contributed by atoms with van der Waals surface area (Å²) in [4.78, 5) is 56.4. The molecule has 0 aromatic heterocycles. The molecule has 2 aromatic rings. The average Bonchev–Trinajstić information content (AvgIpc) is 3.50. The fourth-order valence-electron chi connectivity index (χ4n) is 7.05. The van der Waals surface area contributed by atoms with Gasteiger partial charge in [0.25, 0.3) is 5.91 Å². The van der Waals surface area contributed by atoms with Gasteiger partial charge in [-0.25, -0.2) is 0 Å². The lowest BCUT2D eigenvalue weighted by atomic mass is 9.83. The number of amides is 4. The molecule has 2 aliphatic carbocycles. The first-order valence-corrected chi connectivity index (χ1v) is 16.4. The molecule has 1 heterocycles. The lowest BCUT2D eigenvalue weighted by Crippen LogP contribution is -2.58. The van der Waals surface area contributed by atoms with Crippen molar-refractivity contribution in [1.82, 2.24) is 26.2 Å². The predicted molar refractivity (Wildman–Crippen MR) is 172 cm³/mol. The van der Waals surface area contributed by atoms with E-state index in [0.29, 0.717) is 11.3 Å². The number of methoxy groups -OCH3 is 1. The Balaban J connectivity index is 1.39. The highest BCUT2D eigenvalue weighted by atomic mass is 16.5. The van der Waals surface area contributed by atoms with Crippen LogP contribution < -0.4 is 26.0 Å². The summed E-state index contributed by atoms with van der Waals surface area (Å²) >= 11 is 0. The van der Waals surface area contributed by atoms with Crippen LogP contribution in [-0.2, 0) is 20.8 Å². The van der Waals surface area contributed by atoms with Gasteiger partial charge in [0.1, 0.15) is 17.8 Å². The second kappa shape index (κ2) is 14.9. The quantitative estimate of drug-likeness (QED) is 0.324. The number of ether oxygens (including phenoxy) is 1. The number of nitrogens with zero attached hydrogens (tertiary/aromatic N) is 1. The molecule has 1 saturated heterocycles. The Morgan fingerprint density at radius 1 is 0.911 bits per heavy atom. The Hall–Kier alpha value is -3.92. The van der Waals surface area contributed by atoms with Crippen LogP contribution >= 0.6 is 0 Å². The molecule has 5 atom stereocenters. The number of hydrogen-bond acceptors (Lipinski definition) is 6. The SMILES string of the molecule is CN[C@@H](C)C(=O)N[C@H](C(=O)N1C[C@@H](NC(=O)c2ccc(OC)cc2)C[C@H]1C(=O)N[C@@H]1CCCc2ccccc21)C1CCCCC1. The van der Waals surface area contributed by atoms with E-state index in [4.69, 9.17) is 4.74 Å². The maximum atomic E-state index is 14.5. The number of fused-ring (bicyclic) bond motifs is 1. The van der Waals surface area contributed by atoms with Gasteiger partial charge >= 0.3 is 0 Å². The number of nitrogens with one attached hydrogen (secondary N) is 4. The van der Waals surface area contributed by atoms with Gasteiger partial charge in [0, 0.05) is 18.2 Å². The molecule has 1 aliphatic heterocycles. The Bertz CT molecular complexity index is 1360. The molecular formula is C35H47N5O5. The Morgan fingerprint density at radius 3 is 2.36 bits per heavy atom. The molecule has 4 amide bonds. The number of carbonyl (C=O) groups is 4. The maximum absolute atomic E-state index is 14.5. The zero-order valence-electron chi connectivity index (χ0n) is 26.6. The minimum Gasteiger partial charge on any atom is -0.497 e. The molecule has 1 saturated carbocycles. The van der Waals surface area contributed by atoms with Crippen molar-refractivity contribution in [2.75, 3.05) is 20.7 Å². The highest BCUT2D eigenvalue weighted by Crippen LogP contribution is 2.32. The topological polar surface area (TPSA) is 129 Å². The van der Waals surface area contributed by atoms with E-state index in [9.17, 15) is 19.2 Å². The summed E-state index contributed by atoms with van der Waals surface area (Å²) in [5.74, 6) is -0.385. The predicted octanol–water partition coefficient (Wildman–Crippen LogP) is 3.26. The maximum Gasteiger partial charge on any atom is 0.251 e. The second-order valence-electron chi connectivity index (χ2n) is 12.7. The van der Waals surface area contributed by atoms with Crippen LogP contribution in [0.25, 0.3) is 0 Å². The van der Waals surface area contributed by atoms with Gasteiger partial charge < -0.3 is 30.9 Å². The molecule has 0 spiro atoms. The Labute approximate surface area is 266 Å². The van der Waals surface area contributed by atoms with Crippen LogP contribution in [0.4, 0.5) is 0 Å². The van der Waals surface area contributed by atoms with E-state index in [1.54, 1.807) is 50.2 Å². The monoisotopic (exact) mass is 617 g/mol. The number of aryl methyl sites for hydroxylation is 1. The van der Waals surface area contributed by atoms with Gasteiger partial charge in [-0.15, -0.1) is 0 Å². The fraction of sp³-hybridized carbons (Fsp3) is 0.543. The number of benzene rings is 2. The van der Waals surface area contributed by atoms with Gasteiger partial charge in [0.2, 0.25) is 17.7 Å².